The molecule has 0 spiro atoms. The maximum absolute atomic E-state index is 9.77. The van der Waals surface area contributed by atoms with E-state index in [1.807, 2.05) is 18.9 Å². The van der Waals surface area contributed by atoms with Gasteiger partial charge in [-0.15, -0.1) is 0 Å². The monoisotopic (exact) mass is 186 g/mol. The van der Waals surface area contributed by atoms with Crippen molar-refractivity contribution in [1.29, 1.82) is 0 Å². The van der Waals surface area contributed by atoms with Gasteiger partial charge in [0.15, 0.2) is 0 Å². The number of rotatable bonds is 0. The Labute approximate surface area is 80.9 Å². The Balaban J connectivity index is 2.80. The fourth-order valence-electron chi connectivity index (χ4n) is 2.57. The summed E-state index contributed by atoms with van der Waals surface area (Å²) in [6.45, 7) is 7.33. The summed E-state index contributed by atoms with van der Waals surface area (Å²) < 4.78 is 0. The first-order valence-corrected chi connectivity index (χ1v) is 4.89. The second-order valence-corrected chi connectivity index (χ2v) is 5.59. The lowest BCUT2D eigenvalue weighted by molar-refractivity contribution is 0.00540. The topological polar surface area (TPSA) is 49.5 Å². The van der Waals surface area contributed by atoms with E-state index in [1.165, 1.54) is 0 Å². The van der Waals surface area contributed by atoms with Crippen LogP contribution in [0.1, 0.15) is 33.6 Å². The number of aliphatic hydroxyl groups excluding tert-OH is 1. The van der Waals surface area contributed by atoms with Crippen LogP contribution in [0.4, 0.5) is 0 Å². The molecule has 0 saturated carbocycles. The van der Waals surface area contributed by atoms with Crippen molar-refractivity contribution in [2.24, 2.45) is 11.1 Å². The molecule has 78 valence electrons. The van der Waals surface area contributed by atoms with E-state index in [9.17, 15) is 5.11 Å². The molecular weight excluding hydrogens is 164 g/mol. The third kappa shape index (κ3) is 2.93. The average Bonchev–Trinajstić information content (AvgIpc) is 1.85. The fourth-order valence-corrected chi connectivity index (χ4v) is 2.57. The van der Waals surface area contributed by atoms with Gasteiger partial charge in [-0.2, -0.15) is 0 Å². The molecular formula is C10H22N2O. The Morgan fingerprint density at radius 3 is 2.46 bits per heavy atom. The molecule has 1 aliphatic heterocycles. The number of nitrogens with zero attached hydrogens (tertiary/aromatic N) is 1. The van der Waals surface area contributed by atoms with E-state index in [0.29, 0.717) is 6.42 Å². The van der Waals surface area contributed by atoms with Crippen molar-refractivity contribution in [3.05, 3.63) is 0 Å². The summed E-state index contributed by atoms with van der Waals surface area (Å²) >= 11 is 0. The summed E-state index contributed by atoms with van der Waals surface area (Å²) in [6, 6.07) is 0. The van der Waals surface area contributed by atoms with Crippen LogP contribution >= 0.6 is 0 Å². The van der Waals surface area contributed by atoms with E-state index >= 15 is 0 Å². The molecule has 0 amide bonds. The van der Waals surface area contributed by atoms with E-state index < -0.39 is 6.23 Å². The molecule has 3 nitrogen and oxygen atoms in total. The van der Waals surface area contributed by atoms with E-state index in [0.717, 1.165) is 13.0 Å². The first-order valence-electron chi connectivity index (χ1n) is 4.89. The summed E-state index contributed by atoms with van der Waals surface area (Å²) in [5, 5.41) is 9.77. The van der Waals surface area contributed by atoms with Crippen LogP contribution in [-0.2, 0) is 0 Å². The molecule has 0 aliphatic carbocycles. The lowest BCUT2D eigenvalue weighted by Crippen LogP contribution is -2.42. The lowest BCUT2D eigenvalue weighted by atomic mass is 9.79. The largest absolute Gasteiger partial charge is 0.378 e. The van der Waals surface area contributed by atoms with E-state index in [-0.39, 0.29) is 11.0 Å². The van der Waals surface area contributed by atoms with Gasteiger partial charge in [0.1, 0.15) is 6.23 Å². The average molecular weight is 186 g/mol. The molecule has 2 unspecified atom stereocenters. The third-order valence-corrected chi connectivity index (χ3v) is 2.72. The highest BCUT2D eigenvalue weighted by atomic mass is 16.3. The minimum absolute atomic E-state index is 0.190. The van der Waals surface area contributed by atoms with Crippen molar-refractivity contribution in [2.75, 3.05) is 13.6 Å². The number of hydrogen-bond acceptors (Lipinski definition) is 3. The highest BCUT2D eigenvalue weighted by Crippen LogP contribution is 2.33. The lowest BCUT2D eigenvalue weighted by Gasteiger charge is -2.31. The fraction of sp³-hybridized carbons (Fsp3) is 1.00. The zero-order valence-corrected chi connectivity index (χ0v) is 9.17. The van der Waals surface area contributed by atoms with Crippen LogP contribution in [0, 0.1) is 5.41 Å². The van der Waals surface area contributed by atoms with Gasteiger partial charge in [0.25, 0.3) is 0 Å². The van der Waals surface area contributed by atoms with Crippen LogP contribution < -0.4 is 5.73 Å². The van der Waals surface area contributed by atoms with Gasteiger partial charge in [-0.1, -0.05) is 13.8 Å². The van der Waals surface area contributed by atoms with E-state index in [2.05, 4.69) is 13.8 Å². The number of nitrogens with two attached hydrogens (primary N) is 1. The van der Waals surface area contributed by atoms with Gasteiger partial charge in [0.2, 0.25) is 0 Å². The maximum Gasteiger partial charge on any atom is 0.108 e. The predicted octanol–water partition coefficient (Wildman–Crippen LogP) is 0.774. The first-order chi connectivity index (χ1) is 5.72. The molecule has 0 bridgehead atoms. The number of likely N-dealkylation sites (tertiary alicyclic amines) is 1. The molecule has 0 aromatic heterocycles. The number of hydrogen-bond donors (Lipinski definition) is 2. The molecule has 3 N–H and O–H groups in total. The maximum atomic E-state index is 9.77. The number of aliphatic hydroxyl groups is 1. The molecule has 1 rings (SSSR count). The molecule has 0 aromatic rings. The summed E-state index contributed by atoms with van der Waals surface area (Å²) in [5.74, 6) is 0. The predicted molar refractivity (Wildman–Crippen MR) is 54.2 cm³/mol. The van der Waals surface area contributed by atoms with Gasteiger partial charge < -0.3 is 10.8 Å². The minimum atomic E-state index is -0.392. The second-order valence-electron chi connectivity index (χ2n) is 5.59. The van der Waals surface area contributed by atoms with Crippen molar-refractivity contribution < 1.29 is 5.11 Å². The normalized spacial score (nSPS) is 41.5. The second kappa shape index (κ2) is 3.23. The highest BCUT2D eigenvalue weighted by molar-refractivity contribution is 4.92. The molecule has 0 aromatic carbocycles. The van der Waals surface area contributed by atoms with Gasteiger partial charge in [0.05, 0.1) is 0 Å². The van der Waals surface area contributed by atoms with Crippen LogP contribution in [0.25, 0.3) is 0 Å². The van der Waals surface area contributed by atoms with Crippen LogP contribution in [0.3, 0.4) is 0 Å². The Morgan fingerprint density at radius 2 is 1.92 bits per heavy atom. The summed E-state index contributed by atoms with van der Waals surface area (Å²) in [6.07, 6.45) is 1.23. The van der Waals surface area contributed by atoms with Crippen molar-refractivity contribution in [3.8, 4) is 0 Å². The molecule has 1 saturated heterocycles. The Kier molecular flexibility index (Phi) is 2.72. The molecule has 3 heteroatoms. The quantitative estimate of drug-likeness (QED) is 0.587. The summed E-state index contributed by atoms with van der Waals surface area (Å²) in [4.78, 5) is 1.98. The molecule has 1 aliphatic rings. The Bertz CT molecular complexity index is 169. The van der Waals surface area contributed by atoms with Gasteiger partial charge in [0, 0.05) is 18.5 Å². The van der Waals surface area contributed by atoms with Crippen LogP contribution in [0.5, 0.6) is 0 Å². The standard InChI is InChI=1S/C10H22N2O/c1-9(2)6-10(3,11)5-8(13)12(4)7-9/h8,13H,5-7,11H2,1-4H3. The zero-order valence-electron chi connectivity index (χ0n) is 9.17. The van der Waals surface area contributed by atoms with Crippen molar-refractivity contribution in [2.45, 2.75) is 45.4 Å². The minimum Gasteiger partial charge on any atom is -0.378 e. The van der Waals surface area contributed by atoms with Crippen molar-refractivity contribution in [1.82, 2.24) is 4.90 Å². The van der Waals surface area contributed by atoms with Crippen LogP contribution in [-0.4, -0.2) is 35.4 Å². The van der Waals surface area contributed by atoms with Crippen molar-refractivity contribution >= 4 is 0 Å². The van der Waals surface area contributed by atoms with Gasteiger partial charge in [-0.3, -0.25) is 4.90 Å². The van der Waals surface area contributed by atoms with E-state index in [4.69, 9.17) is 5.73 Å². The third-order valence-electron chi connectivity index (χ3n) is 2.72. The summed E-state index contributed by atoms with van der Waals surface area (Å²) in [5.41, 5.74) is 6.07. The van der Waals surface area contributed by atoms with Crippen LogP contribution in [0.15, 0.2) is 0 Å². The molecule has 1 fully saturated rings. The van der Waals surface area contributed by atoms with Gasteiger partial charge in [-0.05, 0) is 25.8 Å². The molecule has 2 atom stereocenters. The first kappa shape index (κ1) is 11.0. The van der Waals surface area contributed by atoms with Crippen molar-refractivity contribution in [3.63, 3.8) is 0 Å². The van der Waals surface area contributed by atoms with Crippen LogP contribution in [0.2, 0.25) is 0 Å². The van der Waals surface area contributed by atoms with Gasteiger partial charge >= 0.3 is 0 Å². The molecule has 13 heavy (non-hydrogen) atoms. The zero-order chi connectivity index (χ0) is 10.3. The smallest absolute Gasteiger partial charge is 0.108 e. The Morgan fingerprint density at radius 1 is 1.38 bits per heavy atom. The molecule has 1 heterocycles. The SMILES string of the molecule is CN1CC(C)(C)CC(C)(N)CC1O. The molecule has 0 radical (unpaired) electrons. The highest BCUT2D eigenvalue weighted by Gasteiger charge is 2.37. The van der Waals surface area contributed by atoms with Gasteiger partial charge in [-0.25, -0.2) is 0 Å². The van der Waals surface area contributed by atoms with E-state index in [1.54, 1.807) is 0 Å². The summed E-state index contributed by atoms with van der Waals surface area (Å²) in [7, 11) is 1.95. The Hall–Kier alpha value is -0.120.